The molecule has 1 aliphatic carbocycles. The van der Waals surface area contributed by atoms with Crippen molar-refractivity contribution in [1.29, 1.82) is 0 Å². The van der Waals surface area contributed by atoms with Crippen LogP contribution in [-0.4, -0.2) is 22.7 Å². The average Bonchev–Trinajstić information content (AvgIpc) is 2.81. The molecule has 1 N–H and O–H groups in total. The van der Waals surface area contributed by atoms with Crippen LogP contribution in [0.3, 0.4) is 0 Å². The number of hydrogen-bond donors (Lipinski definition) is 1. The second-order valence-corrected chi connectivity index (χ2v) is 6.13. The Kier molecular flexibility index (Phi) is 3.48. The molecule has 1 aliphatic heterocycles. The summed E-state index contributed by atoms with van der Waals surface area (Å²) in [6, 6.07) is 2.73. The van der Waals surface area contributed by atoms with Crippen LogP contribution >= 0.6 is 0 Å². The summed E-state index contributed by atoms with van der Waals surface area (Å²) in [5.41, 5.74) is 3.25. The highest BCUT2D eigenvalue weighted by molar-refractivity contribution is 5.53. The molecule has 1 aromatic rings. The number of fused-ring (bicyclic) bond motifs is 1. The van der Waals surface area contributed by atoms with Crippen molar-refractivity contribution >= 4 is 5.82 Å². The largest absolute Gasteiger partial charge is 0.392 e. The molecule has 1 saturated heterocycles. The maximum Gasteiger partial charge on any atom is 0.134 e. The summed E-state index contributed by atoms with van der Waals surface area (Å²) in [5.74, 6) is 1.90. The molecule has 2 fully saturated rings. The topological polar surface area (TPSA) is 36.4 Å². The zero-order valence-corrected chi connectivity index (χ0v) is 12.0. The van der Waals surface area contributed by atoms with Gasteiger partial charge in [-0.05, 0) is 50.7 Å². The first kappa shape index (κ1) is 12.9. The summed E-state index contributed by atoms with van der Waals surface area (Å²) in [6.45, 7) is 5.34. The van der Waals surface area contributed by atoms with Crippen LogP contribution in [0, 0.1) is 19.8 Å². The van der Waals surface area contributed by atoms with Crippen molar-refractivity contribution in [3.8, 4) is 0 Å². The van der Waals surface area contributed by atoms with E-state index in [9.17, 15) is 5.11 Å². The molecule has 19 heavy (non-hydrogen) atoms. The first-order chi connectivity index (χ1) is 9.20. The third kappa shape index (κ3) is 2.25. The van der Waals surface area contributed by atoms with E-state index in [1.807, 2.05) is 6.92 Å². The molecule has 3 rings (SSSR count). The number of pyridine rings is 1. The lowest BCUT2D eigenvalue weighted by Crippen LogP contribution is -2.36. The molecular weight excluding hydrogens is 236 g/mol. The molecule has 3 nitrogen and oxygen atoms in total. The van der Waals surface area contributed by atoms with Gasteiger partial charge in [0.2, 0.25) is 0 Å². The molecule has 3 heteroatoms. The highest BCUT2D eigenvalue weighted by Gasteiger charge is 2.37. The molecule has 2 atom stereocenters. The Hall–Kier alpha value is -1.09. The van der Waals surface area contributed by atoms with Crippen LogP contribution in [-0.2, 0) is 6.61 Å². The third-order valence-corrected chi connectivity index (χ3v) is 4.89. The fourth-order valence-corrected chi connectivity index (χ4v) is 3.95. The van der Waals surface area contributed by atoms with Gasteiger partial charge < -0.3 is 10.0 Å². The summed E-state index contributed by atoms with van der Waals surface area (Å²) in [5, 5.41) is 9.68. The molecule has 0 spiro atoms. The second kappa shape index (κ2) is 5.12. The lowest BCUT2D eigenvalue weighted by molar-refractivity contribution is 0.280. The highest BCUT2D eigenvalue weighted by atomic mass is 16.3. The molecule has 104 valence electrons. The van der Waals surface area contributed by atoms with Gasteiger partial charge in [0.05, 0.1) is 6.61 Å². The third-order valence-electron chi connectivity index (χ3n) is 4.89. The van der Waals surface area contributed by atoms with E-state index in [2.05, 4.69) is 17.9 Å². The number of rotatable bonds is 2. The van der Waals surface area contributed by atoms with E-state index in [1.165, 1.54) is 37.7 Å². The molecule has 0 bridgehead atoms. The van der Waals surface area contributed by atoms with Gasteiger partial charge in [-0.25, -0.2) is 4.98 Å². The minimum absolute atomic E-state index is 0.0995. The minimum atomic E-state index is 0.0995. The van der Waals surface area contributed by atoms with Gasteiger partial charge in [-0.3, -0.25) is 0 Å². The first-order valence-corrected chi connectivity index (χ1v) is 7.55. The van der Waals surface area contributed by atoms with Gasteiger partial charge in [0.15, 0.2) is 0 Å². The van der Waals surface area contributed by atoms with Gasteiger partial charge in [-0.2, -0.15) is 0 Å². The number of aromatic nitrogens is 1. The summed E-state index contributed by atoms with van der Waals surface area (Å²) in [6.07, 6.45) is 6.70. The molecule has 2 unspecified atom stereocenters. The zero-order chi connectivity index (χ0) is 13.4. The zero-order valence-electron chi connectivity index (χ0n) is 12.0. The Bertz CT molecular complexity index is 472. The van der Waals surface area contributed by atoms with E-state index < -0.39 is 0 Å². The van der Waals surface area contributed by atoms with Crippen LogP contribution in [0.1, 0.15) is 48.9 Å². The smallest absolute Gasteiger partial charge is 0.134 e. The summed E-state index contributed by atoms with van der Waals surface area (Å²) in [7, 11) is 0. The lowest BCUT2D eigenvalue weighted by Gasteiger charge is -2.33. The van der Waals surface area contributed by atoms with Crippen molar-refractivity contribution in [2.45, 2.75) is 58.6 Å². The monoisotopic (exact) mass is 260 g/mol. The fourth-order valence-electron chi connectivity index (χ4n) is 3.95. The van der Waals surface area contributed by atoms with E-state index in [0.29, 0.717) is 6.04 Å². The summed E-state index contributed by atoms with van der Waals surface area (Å²) in [4.78, 5) is 7.23. The molecule has 0 aromatic carbocycles. The van der Waals surface area contributed by atoms with E-state index >= 15 is 0 Å². The van der Waals surface area contributed by atoms with E-state index in [-0.39, 0.29) is 6.61 Å². The molecular formula is C16H24N2O. The van der Waals surface area contributed by atoms with Crippen LogP contribution in [0.15, 0.2) is 6.07 Å². The number of hydrogen-bond acceptors (Lipinski definition) is 3. The Morgan fingerprint density at radius 2 is 2.05 bits per heavy atom. The van der Waals surface area contributed by atoms with Crippen molar-refractivity contribution in [3.05, 3.63) is 22.9 Å². The minimum Gasteiger partial charge on any atom is -0.392 e. The first-order valence-electron chi connectivity index (χ1n) is 7.55. The van der Waals surface area contributed by atoms with Gasteiger partial charge in [0, 0.05) is 23.8 Å². The number of nitrogens with zero attached hydrogens (tertiary/aromatic N) is 2. The standard InChI is InChI=1S/C16H24N2O/c1-11-9-12(2)17-16(14(11)10-19)18-8-7-13-5-3-4-6-15(13)18/h9,13,15,19H,3-8,10H2,1-2H3. The SMILES string of the molecule is Cc1cc(C)c(CO)c(N2CCC3CCCCC32)n1. The Morgan fingerprint density at radius 1 is 1.26 bits per heavy atom. The molecule has 2 aliphatic rings. The quantitative estimate of drug-likeness (QED) is 0.888. The maximum atomic E-state index is 9.68. The highest BCUT2D eigenvalue weighted by Crippen LogP contribution is 2.39. The van der Waals surface area contributed by atoms with Gasteiger partial charge in [-0.15, -0.1) is 0 Å². The van der Waals surface area contributed by atoms with Crippen molar-refractivity contribution in [1.82, 2.24) is 4.98 Å². The molecule has 0 radical (unpaired) electrons. The Morgan fingerprint density at radius 3 is 2.84 bits per heavy atom. The van der Waals surface area contributed by atoms with Crippen LogP contribution in [0.4, 0.5) is 5.82 Å². The lowest BCUT2D eigenvalue weighted by atomic mass is 9.85. The number of aliphatic hydroxyl groups excluding tert-OH is 1. The second-order valence-electron chi connectivity index (χ2n) is 6.13. The number of aliphatic hydroxyl groups is 1. The van der Waals surface area contributed by atoms with Crippen LogP contribution in [0.5, 0.6) is 0 Å². The van der Waals surface area contributed by atoms with E-state index in [0.717, 1.165) is 29.5 Å². The fraction of sp³-hybridized carbons (Fsp3) is 0.688. The van der Waals surface area contributed by atoms with Crippen LogP contribution < -0.4 is 4.90 Å². The van der Waals surface area contributed by atoms with Gasteiger partial charge in [0.25, 0.3) is 0 Å². The predicted molar refractivity (Wildman–Crippen MR) is 77.3 cm³/mol. The molecule has 1 saturated carbocycles. The van der Waals surface area contributed by atoms with Gasteiger partial charge in [-0.1, -0.05) is 12.8 Å². The number of anilines is 1. The molecule has 0 amide bonds. The predicted octanol–water partition coefficient (Wildman–Crippen LogP) is 2.96. The summed E-state index contributed by atoms with van der Waals surface area (Å²) >= 11 is 0. The summed E-state index contributed by atoms with van der Waals surface area (Å²) < 4.78 is 0. The number of aryl methyl sites for hydroxylation is 2. The van der Waals surface area contributed by atoms with Crippen molar-refractivity contribution in [2.24, 2.45) is 5.92 Å². The van der Waals surface area contributed by atoms with Gasteiger partial charge in [0.1, 0.15) is 5.82 Å². The molecule has 2 heterocycles. The van der Waals surface area contributed by atoms with Gasteiger partial charge >= 0.3 is 0 Å². The maximum absolute atomic E-state index is 9.68. The van der Waals surface area contributed by atoms with Crippen molar-refractivity contribution in [2.75, 3.05) is 11.4 Å². The van der Waals surface area contributed by atoms with E-state index in [1.54, 1.807) is 0 Å². The van der Waals surface area contributed by atoms with E-state index in [4.69, 9.17) is 4.98 Å². The molecule has 1 aromatic heterocycles. The normalized spacial score (nSPS) is 26.6. The van der Waals surface area contributed by atoms with Crippen molar-refractivity contribution in [3.63, 3.8) is 0 Å². The Balaban J connectivity index is 1.97. The van der Waals surface area contributed by atoms with Crippen molar-refractivity contribution < 1.29 is 5.11 Å². The van der Waals surface area contributed by atoms with Crippen LogP contribution in [0.25, 0.3) is 0 Å². The van der Waals surface area contributed by atoms with Crippen LogP contribution in [0.2, 0.25) is 0 Å². The Labute approximate surface area is 115 Å². The average molecular weight is 260 g/mol.